The van der Waals surface area contributed by atoms with E-state index in [1.165, 1.54) is 0 Å². The Hall–Kier alpha value is -2.51. The second-order valence-corrected chi connectivity index (χ2v) is 3.07. The Kier molecular flexibility index (Phi) is 3.93. The molecular weight excluding hydrogens is 255 g/mol. The summed E-state index contributed by atoms with van der Waals surface area (Å²) in [6, 6.07) is 1.10. The van der Waals surface area contributed by atoms with E-state index in [0.29, 0.717) is 18.3 Å². The first-order valence-corrected chi connectivity index (χ1v) is 4.40. The molecule has 0 amide bonds. The quantitative estimate of drug-likeness (QED) is 0.331. The summed E-state index contributed by atoms with van der Waals surface area (Å²) >= 11 is 0. The van der Waals surface area contributed by atoms with Crippen LogP contribution in [0.4, 0.5) is 18.9 Å². The first kappa shape index (κ1) is 13.6. The van der Waals surface area contributed by atoms with Crippen molar-refractivity contribution < 1.29 is 33.0 Å². The molecule has 0 saturated heterocycles. The summed E-state index contributed by atoms with van der Waals surface area (Å²) in [4.78, 5) is 20.9. The van der Waals surface area contributed by atoms with Crippen molar-refractivity contribution in [1.82, 2.24) is 0 Å². The van der Waals surface area contributed by atoms with Crippen LogP contribution in [0.5, 0.6) is 0 Å². The van der Waals surface area contributed by atoms with Crippen molar-refractivity contribution in [3.8, 4) is 0 Å². The molecule has 5 nitrogen and oxygen atoms in total. The van der Waals surface area contributed by atoms with Crippen molar-refractivity contribution in [2.45, 2.75) is 0 Å². The fourth-order valence-corrected chi connectivity index (χ4v) is 1.01. The van der Waals surface area contributed by atoms with Crippen LogP contribution in [-0.2, 0) is 9.59 Å². The van der Waals surface area contributed by atoms with Gasteiger partial charge in [-0.3, -0.25) is 0 Å². The lowest BCUT2D eigenvalue weighted by molar-refractivity contribution is -0.140. The lowest BCUT2D eigenvalue weighted by atomic mass is 10.2. The number of benzene rings is 1. The van der Waals surface area contributed by atoms with Crippen molar-refractivity contribution >= 4 is 17.6 Å². The van der Waals surface area contributed by atoms with E-state index in [1.807, 2.05) is 5.32 Å². The number of nitrogens with one attached hydrogen (secondary N) is 1. The Bertz CT molecular complexity index is 503. The highest BCUT2D eigenvalue weighted by atomic mass is 19.2. The minimum Gasteiger partial charge on any atom is -0.477 e. The van der Waals surface area contributed by atoms with Crippen LogP contribution in [0.3, 0.4) is 0 Å². The van der Waals surface area contributed by atoms with E-state index in [2.05, 4.69) is 0 Å². The summed E-state index contributed by atoms with van der Waals surface area (Å²) in [5.41, 5.74) is -1.37. The van der Waals surface area contributed by atoms with E-state index >= 15 is 0 Å². The van der Waals surface area contributed by atoms with Crippen LogP contribution >= 0.6 is 0 Å². The summed E-state index contributed by atoms with van der Waals surface area (Å²) in [5, 5.41) is 19.0. The van der Waals surface area contributed by atoms with Crippen LogP contribution in [0, 0.1) is 17.5 Å². The Labute approximate surface area is 98.2 Å². The number of carbonyl (C=O) groups is 2. The molecule has 0 bridgehead atoms. The van der Waals surface area contributed by atoms with Gasteiger partial charge < -0.3 is 15.5 Å². The first-order chi connectivity index (χ1) is 8.32. The van der Waals surface area contributed by atoms with Crippen molar-refractivity contribution in [3.05, 3.63) is 41.4 Å². The van der Waals surface area contributed by atoms with Gasteiger partial charge in [0.25, 0.3) is 0 Å². The third kappa shape index (κ3) is 3.00. The van der Waals surface area contributed by atoms with Gasteiger partial charge in [0.15, 0.2) is 23.0 Å². The Balaban J connectivity index is 3.02. The molecule has 1 aromatic rings. The van der Waals surface area contributed by atoms with Gasteiger partial charge in [0, 0.05) is 24.0 Å². The molecule has 0 aliphatic carbocycles. The minimum atomic E-state index is -1.74. The van der Waals surface area contributed by atoms with Crippen LogP contribution in [0.25, 0.3) is 0 Å². The zero-order valence-electron chi connectivity index (χ0n) is 8.58. The van der Waals surface area contributed by atoms with E-state index in [9.17, 15) is 22.8 Å². The minimum absolute atomic E-state index is 0.327. The highest BCUT2D eigenvalue weighted by Crippen LogP contribution is 2.17. The molecule has 0 saturated carbocycles. The molecule has 0 fully saturated rings. The first-order valence-electron chi connectivity index (χ1n) is 4.40. The fraction of sp³-hybridized carbons (Fsp3) is 0. The number of aliphatic carboxylic acids is 2. The van der Waals surface area contributed by atoms with Crippen LogP contribution in [-0.4, -0.2) is 22.2 Å². The van der Waals surface area contributed by atoms with Gasteiger partial charge in [-0.2, -0.15) is 0 Å². The van der Waals surface area contributed by atoms with Crippen LogP contribution in [0.2, 0.25) is 0 Å². The number of halogens is 3. The normalized spacial score (nSPS) is 9.72. The number of carboxylic acids is 2. The molecule has 1 rings (SSSR count). The molecule has 0 unspecified atom stereocenters. The molecule has 0 aliphatic heterocycles. The standard InChI is InChI=1S/C10H6F3NO4/c11-6-1-4(2-7(12)8(6)13)14-3-5(9(15)16)10(17)18/h1-3,14H,(H,15,16)(H,17,18). The zero-order chi connectivity index (χ0) is 13.9. The summed E-state index contributed by atoms with van der Waals surface area (Å²) in [7, 11) is 0. The SMILES string of the molecule is O=C(O)C(=CNc1cc(F)c(F)c(F)c1)C(=O)O. The number of hydrogen-bond acceptors (Lipinski definition) is 3. The van der Waals surface area contributed by atoms with Gasteiger partial charge in [0.05, 0.1) is 0 Å². The summed E-state index contributed by atoms with van der Waals surface area (Å²) < 4.78 is 38.1. The van der Waals surface area contributed by atoms with E-state index in [4.69, 9.17) is 10.2 Å². The molecule has 0 aromatic heterocycles. The zero-order valence-corrected chi connectivity index (χ0v) is 8.58. The van der Waals surface area contributed by atoms with Gasteiger partial charge >= 0.3 is 11.9 Å². The number of rotatable bonds is 4. The molecule has 0 radical (unpaired) electrons. The van der Waals surface area contributed by atoms with Crippen LogP contribution in [0.15, 0.2) is 23.9 Å². The molecule has 18 heavy (non-hydrogen) atoms. The largest absolute Gasteiger partial charge is 0.477 e. The predicted molar refractivity (Wildman–Crippen MR) is 53.3 cm³/mol. The van der Waals surface area contributed by atoms with Gasteiger partial charge in [0.2, 0.25) is 0 Å². The van der Waals surface area contributed by atoms with Crippen LogP contribution in [0.1, 0.15) is 0 Å². The monoisotopic (exact) mass is 261 g/mol. The van der Waals surface area contributed by atoms with Crippen molar-refractivity contribution in [3.63, 3.8) is 0 Å². The molecule has 1 aromatic carbocycles. The van der Waals surface area contributed by atoms with E-state index in [-0.39, 0.29) is 5.69 Å². The molecular formula is C10H6F3NO4. The van der Waals surface area contributed by atoms with Gasteiger partial charge in [-0.05, 0) is 0 Å². The summed E-state index contributed by atoms with van der Waals surface area (Å²) in [6.45, 7) is 0. The molecule has 96 valence electrons. The maximum absolute atomic E-state index is 12.8. The highest BCUT2D eigenvalue weighted by molar-refractivity contribution is 6.12. The lowest BCUT2D eigenvalue weighted by Crippen LogP contribution is -2.13. The van der Waals surface area contributed by atoms with Crippen molar-refractivity contribution in [2.75, 3.05) is 5.32 Å². The number of carboxylic acid groups (broad SMARTS) is 2. The van der Waals surface area contributed by atoms with Gasteiger partial charge in [0.1, 0.15) is 0 Å². The summed E-state index contributed by atoms with van der Waals surface area (Å²) in [5.74, 6) is -8.13. The molecule has 0 heterocycles. The molecule has 3 N–H and O–H groups in total. The molecule has 0 spiro atoms. The Morgan fingerprint density at radius 1 is 1.06 bits per heavy atom. The average Bonchev–Trinajstić information content (AvgIpc) is 2.24. The topological polar surface area (TPSA) is 86.6 Å². The van der Waals surface area contributed by atoms with Crippen molar-refractivity contribution in [2.24, 2.45) is 0 Å². The molecule has 0 atom stereocenters. The summed E-state index contributed by atoms with van der Waals surface area (Å²) in [6.07, 6.45) is 0.525. The third-order valence-corrected chi connectivity index (χ3v) is 1.83. The second-order valence-electron chi connectivity index (χ2n) is 3.07. The maximum atomic E-state index is 12.8. The average molecular weight is 261 g/mol. The van der Waals surface area contributed by atoms with Crippen LogP contribution < -0.4 is 5.32 Å². The van der Waals surface area contributed by atoms with E-state index in [0.717, 1.165) is 0 Å². The lowest BCUT2D eigenvalue weighted by Gasteiger charge is -2.03. The third-order valence-electron chi connectivity index (χ3n) is 1.83. The van der Waals surface area contributed by atoms with E-state index < -0.39 is 35.0 Å². The maximum Gasteiger partial charge on any atom is 0.344 e. The van der Waals surface area contributed by atoms with Gasteiger partial charge in [-0.15, -0.1) is 0 Å². The number of hydrogen-bond donors (Lipinski definition) is 3. The van der Waals surface area contributed by atoms with Gasteiger partial charge in [-0.1, -0.05) is 0 Å². The number of anilines is 1. The smallest absolute Gasteiger partial charge is 0.344 e. The van der Waals surface area contributed by atoms with E-state index in [1.54, 1.807) is 0 Å². The molecule has 8 heteroatoms. The molecule has 0 aliphatic rings. The Morgan fingerprint density at radius 3 is 1.89 bits per heavy atom. The van der Waals surface area contributed by atoms with Gasteiger partial charge in [-0.25, -0.2) is 22.8 Å². The predicted octanol–water partition coefficient (Wildman–Crippen LogP) is 1.57. The van der Waals surface area contributed by atoms with Crippen molar-refractivity contribution in [1.29, 1.82) is 0 Å². The highest BCUT2D eigenvalue weighted by Gasteiger charge is 2.16. The Morgan fingerprint density at radius 2 is 1.50 bits per heavy atom. The second kappa shape index (κ2) is 5.21. The fourth-order valence-electron chi connectivity index (χ4n) is 1.01.